The van der Waals surface area contributed by atoms with E-state index in [1.165, 1.54) is 0 Å². The van der Waals surface area contributed by atoms with Gasteiger partial charge in [-0.1, -0.05) is 19.9 Å². The van der Waals surface area contributed by atoms with Crippen molar-refractivity contribution in [2.24, 2.45) is 5.92 Å². The Labute approximate surface area is 112 Å². The molecule has 1 heterocycles. The minimum absolute atomic E-state index is 0.0397. The van der Waals surface area contributed by atoms with Crippen LogP contribution in [0.3, 0.4) is 0 Å². The number of amides is 1. The van der Waals surface area contributed by atoms with E-state index >= 15 is 0 Å². The lowest BCUT2D eigenvalue weighted by molar-refractivity contribution is -0.115. The van der Waals surface area contributed by atoms with Crippen molar-refractivity contribution in [2.45, 2.75) is 36.8 Å². The quantitative estimate of drug-likeness (QED) is 0.883. The molecule has 0 fully saturated rings. The van der Waals surface area contributed by atoms with Gasteiger partial charge in [0.2, 0.25) is 5.91 Å². The molecule has 1 aliphatic heterocycles. The minimum atomic E-state index is -0.0397. The predicted molar refractivity (Wildman–Crippen MR) is 75.1 cm³/mol. The molecule has 2 atom stereocenters. The first-order chi connectivity index (χ1) is 8.52. The number of carbonyl (C=O) groups is 1. The number of benzene rings is 1. The second-order valence-electron chi connectivity index (χ2n) is 5.04. The van der Waals surface area contributed by atoms with Crippen molar-refractivity contribution in [1.82, 2.24) is 0 Å². The maximum atomic E-state index is 11.7. The molecule has 2 unspecified atom stereocenters. The largest absolute Gasteiger partial charge is 0.396 e. The topological polar surface area (TPSA) is 49.3 Å². The Bertz CT molecular complexity index is 459. The molecule has 1 aromatic rings. The number of thioether (sulfide) groups is 1. The Balaban J connectivity index is 2.32. The number of hydrogen-bond donors (Lipinski definition) is 2. The van der Waals surface area contributed by atoms with Gasteiger partial charge in [-0.25, -0.2) is 0 Å². The van der Waals surface area contributed by atoms with E-state index in [0.717, 1.165) is 16.1 Å². The lowest BCUT2D eigenvalue weighted by Gasteiger charge is -2.24. The monoisotopic (exact) mass is 265 g/mol. The van der Waals surface area contributed by atoms with E-state index in [4.69, 9.17) is 0 Å². The fourth-order valence-electron chi connectivity index (χ4n) is 2.16. The Morgan fingerprint density at radius 2 is 2.17 bits per heavy atom. The van der Waals surface area contributed by atoms with Gasteiger partial charge in [-0.2, -0.15) is 0 Å². The van der Waals surface area contributed by atoms with Crippen LogP contribution in [0.15, 0.2) is 23.1 Å². The van der Waals surface area contributed by atoms with E-state index < -0.39 is 0 Å². The predicted octanol–water partition coefficient (Wildman–Crippen LogP) is 2.85. The first-order valence-electron chi connectivity index (χ1n) is 6.25. The molecule has 1 aromatic carbocycles. The summed E-state index contributed by atoms with van der Waals surface area (Å²) in [5, 5.41) is 12.3. The molecule has 0 aromatic heterocycles. The Kier molecular flexibility index (Phi) is 3.97. The zero-order chi connectivity index (χ0) is 13.3. The fraction of sp³-hybridized carbons (Fsp3) is 0.500. The Morgan fingerprint density at radius 1 is 1.44 bits per heavy atom. The van der Waals surface area contributed by atoms with Crippen LogP contribution in [-0.2, 0) is 4.79 Å². The summed E-state index contributed by atoms with van der Waals surface area (Å²) in [6.45, 7) is 6.22. The average Bonchev–Trinajstić information content (AvgIpc) is 2.31. The second kappa shape index (κ2) is 5.33. The molecule has 3 nitrogen and oxygen atoms in total. The normalized spacial score (nSPS) is 20.5. The van der Waals surface area contributed by atoms with Crippen LogP contribution in [0.4, 0.5) is 5.69 Å². The molecular weight excluding hydrogens is 246 g/mol. The molecule has 4 heteroatoms. The number of aliphatic hydroxyl groups is 1. The van der Waals surface area contributed by atoms with Gasteiger partial charge in [-0.3, -0.25) is 4.79 Å². The van der Waals surface area contributed by atoms with Crippen LogP contribution in [-0.4, -0.2) is 22.9 Å². The van der Waals surface area contributed by atoms with Gasteiger partial charge < -0.3 is 10.4 Å². The summed E-state index contributed by atoms with van der Waals surface area (Å²) < 4.78 is 0. The molecule has 0 aliphatic carbocycles. The third-order valence-electron chi connectivity index (χ3n) is 3.36. The fourth-order valence-corrected chi connectivity index (χ4v) is 3.09. The van der Waals surface area contributed by atoms with Gasteiger partial charge in [-0.05, 0) is 30.5 Å². The van der Waals surface area contributed by atoms with Crippen LogP contribution in [0.2, 0.25) is 0 Å². The molecule has 0 spiro atoms. The van der Waals surface area contributed by atoms with Crippen molar-refractivity contribution in [1.29, 1.82) is 0 Å². The summed E-state index contributed by atoms with van der Waals surface area (Å²) in [4.78, 5) is 12.8. The van der Waals surface area contributed by atoms with Gasteiger partial charge in [0.25, 0.3) is 0 Å². The molecule has 2 rings (SSSR count). The van der Waals surface area contributed by atoms with Crippen molar-refractivity contribution in [2.75, 3.05) is 11.9 Å². The van der Waals surface area contributed by atoms with Gasteiger partial charge in [-0.15, -0.1) is 11.8 Å². The number of hydrogen-bond acceptors (Lipinski definition) is 3. The summed E-state index contributed by atoms with van der Waals surface area (Å²) in [7, 11) is 0. The van der Waals surface area contributed by atoms with Gasteiger partial charge in [0, 0.05) is 10.8 Å². The van der Waals surface area contributed by atoms with Crippen molar-refractivity contribution in [3.8, 4) is 0 Å². The van der Waals surface area contributed by atoms with E-state index in [1.54, 1.807) is 11.8 Å². The molecule has 98 valence electrons. The van der Waals surface area contributed by atoms with Crippen LogP contribution >= 0.6 is 11.8 Å². The van der Waals surface area contributed by atoms with E-state index in [2.05, 4.69) is 25.2 Å². The van der Waals surface area contributed by atoms with Crippen molar-refractivity contribution in [3.05, 3.63) is 23.8 Å². The maximum absolute atomic E-state index is 11.7. The van der Waals surface area contributed by atoms with Gasteiger partial charge in [0.05, 0.1) is 17.5 Å². The van der Waals surface area contributed by atoms with Crippen LogP contribution in [0.1, 0.15) is 32.3 Å². The summed E-state index contributed by atoms with van der Waals surface area (Å²) in [6, 6.07) is 6.08. The zero-order valence-electron chi connectivity index (χ0n) is 10.9. The number of carbonyl (C=O) groups excluding carboxylic acids is 1. The highest BCUT2D eigenvalue weighted by Gasteiger charge is 2.24. The van der Waals surface area contributed by atoms with Crippen molar-refractivity contribution >= 4 is 23.4 Å². The molecular formula is C14H19NO2S. The highest BCUT2D eigenvalue weighted by Crippen LogP contribution is 2.38. The first kappa shape index (κ1) is 13.4. The smallest absolute Gasteiger partial charge is 0.237 e. The summed E-state index contributed by atoms with van der Waals surface area (Å²) in [5.74, 6) is 0.546. The summed E-state index contributed by atoms with van der Waals surface area (Å²) in [5.41, 5.74) is 1.96. The van der Waals surface area contributed by atoms with E-state index in [1.807, 2.05) is 19.1 Å². The van der Waals surface area contributed by atoms with Gasteiger partial charge in [0.15, 0.2) is 0 Å². The lowest BCUT2D eigenvalue weighted by Crippen LogP contribution is -2.26. The standard InChI is InChI=1S/C14H19NO2S/c1-8(2)11(7-16)10-4-5-13-12(6-10)15-14(17)9(3)18-13/h4-6,8-9,11,16H,7H2,1-3H3,(H,15,17). The Hall–Kier alpha value is -1.00. The summed E-state index contributed by atoms with van der Waals surface area (Å²) in [6.07, 6.45) is 0. The van der Waals surface area contributed by atoms with Crippen LogP contribution < -0.4 is 5.32 Å². The van der Waals surface area contributed by atoms with Gasteiger partial charge in [0.1, 0.15) is 0 Å². The number of aliphatic hydroxyl groups excluding tert-OH is 1. The highest BCUT2D eigenvalue weighted by atomic mass is 32.2. The number of rotatable bonds is 3. The molecule has 18 heavy (non-hydrogen) atoms. The molecule has 0 saturated heterocycles. The average molecular weight is 265 g/mol. The number of fused-ring (bicyclic) bond motifs is 1. The van der Waals surface area contributed by atoms with E-state index in [0.29, 0.717) is 5.92 Å². The summed E-state index contributed by atoms with van der Waals surface area (Å²) >= 11 is 1.58. The zero-order valence-corrected chi connectivity index (χ0v) is 11.8. The van der Waals surface area contributed by atoms with Crippen LogP contribution in [0, 0.1) is 5.92 Å². The minimum Gasteiger partial charge on any atom is -0.396 e. The highest BCUT2D eigenvalue weighted by molar-refractivity contribution is 8.00. The number of anilines is 1. The maximum Gasteiger partial charge on any atom is 0.237 e. The van der Waals surface area contributed by atoms with E-state index in [-0.39, 0.29) is 23.7 Å². The van der Waals surface area contributed by atoms with Crippen LogP contribution in [0.25, 0.3) is 0 Å². The molecule has 0 radical (unpaired) electrons. The molecule has 0 bridgehead atoms. The third kappa shape index (κ3) is 2.54. The number of nitrogens with one attached hydrogen (secondary N) is 1. The Morgan fingerprint density at radius 3 is 2.78 bits per heavy atom. The van der Waals surface area contributed by atoms with Gasteiger partial charge >= 0.3 is 0 Å². The third-order valence-corrected chi connectivity index (χ3v) is 4.54. The van der Waals surface area contributed by atoms with Crippen molar-refractivity contribution < 1.29 is 9.90 Å². The first-order valence-corrected chi connectivity index (χ1v) is 7.13. The lowest BCUT2D eigenvalue weighted by atomic mass is 9.89. The second-order valence-corrected chi connectivity index (χ2v) is 6.42. The SMILES string of the molecule is CC1Sc2ccc(C(CO)C(C)C)cc2NC1=O. The van der Waals surface area contributed by atoms with Crippen molar-refractivity contribution in [3.63, 3.8) is 0 Å². The molecule has 1 aliphatic rings. The molecule has 0 saturated carbocycles. The van der Waals surface area contributed by atoms with E-state index in [9.17, 15) is 9.90 Å². The van der Waals surface area contributed by atoms with Crippen LogP contribution in [0.5, 0.6) is 0 Å². The molecule has 1 amide bonds. The molecule has 2 N–H and O–H groups in total.